The molecule has 2 rings (SSSR count). The Hall–Kier alpha value is -1.20. The van der Waals surface area contributed by atoms with E-state index in [0.717, 1.165) is 23.1 Å². The van der Waals surface area contributed by atoms with Crippen molar-refractivity contribution in [2.75, 3.05) is 6.54 Å². The fourth-order valence-electron chi connectivity index (χ4n) is 1.96. The summed E-state index contributed by atoms with van der Waals surface area (Å²) in [6, 6.07) is 4.06. The molecule has 2 aromatic rings. The molecule has 0 aliphatic carbocycles. The molecule has 0 aliphatic rings. The van der Waals surface area contributed by atoms with E-state index in [4.69, 9.17) is 0 Å². The van der Waals surface area contributed by atoms with Crippen LogP contribution in [0.15, 0.2) is 17.5 Å². The molecule has 0 saturated carbocycles. The van der Waals surface area contributed by atoms with Gasteiger partial charge < -0.3 is 5.32 Å². The molecule has 17 heavy (non-hydrogen) atoms. The van der Waals surface area contributed by atoms with E-state index in [-0.39, 0.29) is 5.54 Å². The highest BCUT2D eigenvalue weighted by molar-refractivity contribution is 7.13. The molecule has 0 aromatic carbocycles. The second-order valence-electron chi connectivity index (χ2n) is 4.52. The number of thiophene rings is 1. The quantitative estimate of drug-likeness (QED) is 0.906. The van der Waals surface area contributed by atoms with Crippen LogP contribution in [0.1, 0.15) is 26.6 Å². The molecule has 0 spiro atoms. The van der Waals surface area contributed by atoms with Gasteiger partial charge in [-0.3, -0.25) is 4.68 Å². The molecule has 0 fully saturated rings. The molecule has 0 atom stereocenters. The van der Waals surface area contributed by atoms with Crippen LogP contribution in [0.5, 0.6) is 0 Å². The fourth-order valence-corrected chi connectivity index (χ4v) is 2.61. The smallest absolute Gasteiger partial charge is 0.191 e. The summed E-state index contributed by atoms with van der Waals surface area (Å²) in [5, 5.41) is 9.94. The lowest BCUT2D eigenvalue weighted by molar-refractivity contribution is 0.375. The largest absolute Gasteiger partial charge is 0.306 e. The maximum Gasteiger partial charge on any atom is 0.191 e. The molecule has 0 bridgehead atoms. The molecule has 2 aromatic heterocycles. The monoisotopic (exact) mass is 250 g/mol. The maximum atomic E-state index is 4.64. The molecular formula is C12H18N4S. The van der Waals surface area contributed by atoms with E-state index >= 15 is 0 Å². The van der Waals surface area contributed by atoms with E-state index in [2.05, 4.69) is 36.2 Å². The normalized spacial score (nSPS) is 12.0. The van der Waals surface area contributed by atoms with Gasteiger partial charge in [-0.05, 0) is 31.8 Å². The summed E-state index contributed by atoms with van der Waals surface area (Å²) < 4.78 is 1.86. The Kier molecular flexibility index (Phi) is 3.31. The standard InChI is InChI=1S/C12H18N4S/c1-5-13-12(2,3)11-14-10(15-16(11)4)9-7-6-8-17-9/h6-8,13H,5H2,1-4H3. The first kappa shape index (κ1) is 12.3. The van der Waals surface area contributed by atoms with Gasteiger partial charge in [0.15, 0.2) is 5.82 Å². The van der Waals surface area contributed by atoms with Gasteiger partial charge in [0.25, 0.3) is 0 Å². The van der Waals surface area contributed by atoms with Crippen molar-refractivity contribution >= 4 is 11.3 Å². The van der Waals surface area contributed by atoms with Gasteiger partial charge >= 0.3 is 0 Å². The molecule has 0 saturated heterocycles. The summed E-state index contributed by atoms with van der Waals surface area (Å²) >= 11 is 1.66. The Bertz CT molecular complexity index is 485. The molecule has 4 nitrogen and oxygen atoms in total. The van der Waals surface area contributed by atoms with Crippen LogP contribution in [0.2, 0.25) is 0 Å². The third-order valence-corrected chi connectivity index (χ3v) is 3.55. The molecule has 0 radical (unpaired) electrons. The van der Waals surface area contributed by atoms with Crippen LogP contribution < -0.4 is 5.32 Å². The summed E-state index contributed by atoms with van der Waals surface area (Å²) in [4.78, 5) is 5.75. The van der Waals surface area contributed by atoms with E-state index in [1.54, 1.807) is 11.3 Å². The van der Waals surface area contributed by atoms with Crippen molar-refractivity contribution in [1.82, 2.24) is 20.1 Å². The highest BCUT2D eigenvalue weighted by Crippen LogP contribution is 2.24. The lowest BCUT2D eigenvalue weighted by atomic mass is 10.1. The van der Waals surface area contributed by atoms with Crippen molar-refractivity contribution in [3.05, 3.63) is 23.3 Å². The average Bonchev–Trinajstić information content (AvgIpc) is 2.85. The molecular weight excluding hydrogens is 232 g/mol. The zero-order valence-corrected chi connectivity index (χ0v) is 11.5. The SMILES string of the molecule is CCNC(C)(C)c1nc(-c2cccs2)nn1C. The summed E-state index contributed by atoms with van der Waals surface area (Å²) in [6.45, 7) is 7.25. The van der Waals surface area contributed by atoms with Crippen LogP contribution in [0.25, 0.3) is 10.7 Å². The van der Waals surface area contributed by atoms with Gasteiger partial charge in [-0.1, -0.05) is 13.0 Å². The molecule has 5 heteroatoms. The highest BCUT2D eigenvalue weighted by atomic mass is 32.1. The van der Waals surface area contributed by atoms with Crippen LogP contribution in [0, 0.1) is 0 Å². The second-order valence-corrected chi connectivity index (χ2v) is 5.46. The van der Waals surface area contributed by atoms with Gasteiger partial charge in [0.2, 0.25) is 0 Å². The second kappa shape index (κ2) is 4.58. The van der Waals surface area contributed by atoms with E-state index in [9.17, 15) is 0 Å². The molecule has 0 aliphatic heterocycles. The number of nitrogens with one attached hydrogen (secondary N) is 1. The van der Waals surface area contributed by atoms with Gasteiger partial charge in [0, 0.05) is 7.05 Å². The fraction of sp³-hybridized carbons (Fsp3) is 0.500. The molecule has 2 heterocycles. The number of nitrogens with zero attached hydrogens (tertiary/aromatic N) is 3. The number of aromatic nitrogens is 3. The van der Waals surface area contributed by atoms with Crippen molar-refractivity contribution in [3.8, 4) is 10.7 Å². The minimum atomic E-state index is -0.161. The van der Waals surface area contributed by atoms with Crippen LogP contribution in [-0.2, 0) is 12.6 Å². The Morgan fingerprint density at radius 1 is 1.47 bits per heavy atom. The van der Waals surface area contributed by atoms with E-state index in [1.807, 2.05) is 29.2 Å². The number of aryl methyl sites for hydroxylation is 1. The maximum absolute atomic E-state index is 4.64. The van der Waals surface area contributed by atoms with Gasteiger partial charge in [0.1, 0.15) is 5.82 Å². The Balaban J connectivity index is 2.37. The summed E-state index contributed by atoms with van der Waals surface area (Å²) in [5.41, 5.74) is -0.161. The van der Waals surface area contributed by atoms with Gasteiger partial charge in [-0.25, -0.2) is 4.98 Å². The van der Waals surface area contributed by atoms with Crippen LogP contribution in [0.4, 0.5) is 0 Å². The predicted molar refractivity (Wildman–Crippen MR) is 71.0 cm³/mol. The molecule has 0 unspecified atom stereocenters. The zero-order chi connectivity index (χ0) is 12.5. The Morgan fingerprint density at radius 2 is 2.24 bits per heavy atom. The minimum Gasteiger partial charge on any atom is -0.306 e. The topological polar surface area (TPSA) is 42.7 Å². The predicted octanol–water partition coefficient (Wildman–Crippen LogP) is 2.39. The van der Waals surface area contributed by atoms with Crippen molar-refractivity contribution in [3.63, 3.8) is 0 Å². The third-order valence-electron chi connectivity index (χ3n) is 2.68. The average molecular weight is 250 g/mol. The summed E-state index contributed by atoms with van der Waals surface area (Å²) in [5.74, 6) is 1.77. The lowest BCUT2D eigenvalue weighted by Crippen LogP contribution is -2.38. The number of hydrogen-bond donors (Lipinski definition) is 1. The Morgan fingerprint density at radius 3 is 2.82 bits per heavy atom. The molecule has 0 amide bonds. The van der Waals surface area contributed by atoms with Crippen LogP contribution in [-0.4, -0.2) is 21.3 Å². The van der Waals surface area contributed by atoms with Gasteiger partial charge in [-0.2, -0.15) is 5.10 Å². The van der Waals surface area contributed by atoms with E-state index < -0.39 is 0 Å². The highest BCUT2D eigenvalue weighted by Gasteiger charge is 2.26. The molecule has 92 valence electrons. The first-order valence-corrected chi connectivity index (χ1v) is 6.63. The first-order chi connectivity index (χ1) is 8.04. The summed E-state index contributed by atoms with van der Waals surface area (Å²) in [7, 11) is 1.94. The van der Waals surface area contributed by atoms with E-state index in [1.165, 1.54) is 0 Å². The van der Waals surface area contributed by atoms with Crippen LogP contribution >= 0.6 is 11.3 Å². The van der Waals surface area contributed by atoms with Crippen molar-refractivity contribution in [2.24, 2.45) is 7.05 Å². The van der Waals surface area contributed by atoms with E-state index in [0.29, 0.717) is 0 Å². The molecule has 1 N–H and O–H groups in total. The van der Waals surface area contributed by atoms with Gasteiger partial charge in [0.05, 0.1) is 10.4 Å². The number of rotatable bonds is 4. The minimum absolute atomic E-state index is 0.161. The Labute approximate surface area is 106 Å². The van der Waals surface area contributed by atoms with Gasteiger partial charge in [-0.15, -0.1) is 11.3 Å². The number of hydrogen-bond acceptors (Lipinski definition) is 4. The van der Waals surface area contributed by atoms with Crippen molar-refractivity contribution in [2.45, 2.75) is 26.3 Å². The third kappa shape index (κ3) is 2.40. The van der Waals surface area contributed by atoms with Crippen molar-refractivity contribution < 1.29 is 0 Å². The zero-order valence-electron chi connectivity index (χ0n) is 10.7. The van der Waals surface area contributed by atoms with Crippen LogP contribution in [0.3, 0.4) is 0 Å². The van der Waals surface area contributed by atoms with Crippen molar-refractivity contribution in [1.29, 1.82) is 0 Å². The first-order valence-electron chi connectivity index (χ1n) is 5.75. The lowest BCUT2D eigenvalue weighted by Gasteiger charge is -2.24. The summed E-state index contributed by atoms with van der Waals surface area (Å²) in [6.07, 6.45) is 0.